The largest absolute Gasteiger partial charge is 0.481 e. The molecule has 2 amide bonds. The molecule has 0 bridgehead atoms. The lowest BCUT2D eigenvalue weighted by Crippen LogP contribution is -2.46. The van der Waals surface area contributed by atoms with E-state index in [0.717, 1.165) is 25.9 Å². The summed E-state index contributed by atoms with van der Waals surface area (Å²) in [5, 5.41) is 11.6. The number of rotatable bonds is 4. The van der Waals surface area contributed by atoms with E-state index in [1.807, 2.05) is 0 Å². The summed E-state index contributed by atoms with van der Waals surface area (Å²) >= 11 is 0. The maximum Gasteiger partial charge on any atom is 0.317 e. The van der Waals surface area contributed by atoms with E-state index < -0.39 is 11.9 Å². The molecule has 1 rings (SSSR count). The highest BCUT2D eigenvalue weighted by Gasteiger charge is 2.27. The third-order valence-electron chi connectivity index (χ3n) is 3.64. The molecule has 0 aliphatic carbocycles. The Kier molecular flexibility index (Phi) is 4.78. The van der Waals surface area contributed by atoms with Crippen LogP contribution in [0.4, 0.5) is 4.79 Å². The van der Waals surface area contributed by atoms with Gasteiger partial charge in [0.25, 0.3) is 0 Å². The zero-order valence-corrected chi connectivity index (χ0v) is 10.8. The van der Waals surface area contributed by atoms with E-state index in [0.29, 0.717) is 5.92 Å². The standard InChI is InChI=1S/C12H22N2O3/c1-4-10-5-6-14(7-10)12(17)13-9(3)8(2)11(15)16/h8-10H,4-7H2,1-3H3,(H,13,17)(H,15,16). The number of carboxylic acid groups (broad SMARTS) is 1. The molecule has 0 radical (unpaired) electrons. The third-order valence-corrected chi connectivity index (χ3v) is 3.64. The number of likely N-dealkylation sites (tertiary alicyclic amines) is 1. The highest BCUT2D eigenvalue weighted by atomic mass is 16.4. The lowest BCUT2D eigenvalue weighted by Gasteiger charge is -2.23. The summed E-state index contributed by atoms with van der Waals surface area (Å²) in [6.45, 7) is 7.02. The predicted molar refractivity (Wildman–Crippen MR) is 64.8 cm³/mol. The van der Waals surface area contributed by atoms with Crippen LogP contribution < -0.4 is 5.32 Å². The second-order valence-electron chi connectivity index (χ2n) is 4.87. The summed E-state index contributed by atoms with van der Waals surface area (Å²) in [5.74, 6) is -0.859. The molecule has 1 aliphatic rings. The molecule has 2 N–H and O–H groups in total. The van der Waals surface area contributed by atoms with E-state index in [1.165, 1.54) is 0 Å². The molecular weight excluding hydrogens is 220 g/mol. The number of carbonyl (C=O) groups excluding carboxylic acids is 1. The zero-order chi connectivity index (χ0) is 13.0. The molecule has 1 aliphatic heterocycles. The molecule has 0 spiro atoms. The van der Waals surface area contributed by atoms with Gasteiger partial charge in [0, 0.05) is 19.1 Å². The highest BCUT2D eigenvalue weighted by Crippen LogP contribution is 2.19. The molecule has 0 saturated carbocycles. The smallest absolute Gasteiger partial charge is 0.317 e. The minimum Gasteiger partial charge on any atom is -0.481 e. The normalized spacial score (nSPS) is 23.2. The van der Waals surface area contributed by atoms with Crippen LogP contribution in [0, 0.1) is 11.8 Å². The van der Waals surface area contributed by atoms with Crippen molar-refractivity contribution in [3.05, 3.63) is 0 Å². The topological polar surface area (TPSA) is 69.6 Å². The van der Waals surface area contributed by atoms with Crippen molar-refractivity contribution in [3.8, 4) is 0 Å². The summed E-state index contributed by atoms with van der Waals surface area (Å²) in [7, 11) is 0. The van der Waals surface area contributed by atoms with Gasteiger partial charge in [-0.3, -0.25) is 4.79 Å². The molecule has 0 aromatic heterocycles. The zero-order valence-electron chi connectivity index (χ0n) is 10.8. The lowest BCUT2D eigenvalue weighted by molar-refractivity contribution is -0.141. The average molecular weight is 242 g/mol. The van der Waals surface area contributed by atoms with Crippen molar-refractivity contribution in [2.45, 2.75) is 39.7 Å². The number of hydrogen-bond acceptors (Lipinski definition) is 2. The minimum atomic E-state index is -0.884. The van der Waals surface area contributed by atoms with Crippen molar-refractivity contribution in [2.75, 3.05) is 13.1 Å². The van der Waals surface area contributed by atoms with E-state index in [1.54, 1.807) is 18.7 Å². The van der Waals surface area contributed by atoms with Gasteiger partial charge >= 0.3 is 12.0 Å². The average Bonchev–Trinajstić information content (AvgIpc) is 2.76. The van der Waals surface area contributed by atoms with Gasteiger partial charge in [-0.15, -0.1) is 0 Å². The third kappa shape index (κ3) is 3.61. The van der Waals surface area contributed by atoms with E-state index in [-0.39, 0.29) is 12.1 Å². The Bertz CT molecular complexity index is 293. The van der Waals surface area contributed by atoms with E-state index >= 15 is 0 Å². The Morgan fingerprint density at radius 2 is 2.12 bits per heavy atom. The van der Waals surface area contributed by atoms with Crippen LogP contribution in [0.5, 0.6) is 0 Å². The van der Waals surface area contributed by atoms with Gasteiger partial charge in [0.2, 0.25) is 0 Å². The van der Waals surface area contributed by atoms with Gasteiger partial charge in [0.05, 0.1) is 5.92 Å². The molecule has 1 heterocycles. The summed E-state index contributed by atoms with van der Waals surface area (Å²) in [6.07, 6.45) is 2.14. The summed E-state index contributed by atoms with van der Waals surface area (Å²) in [5.41, 5.74) is 0. The van der Waals surface area contributed by atoms with E-state index in [2.05, 4.69) is 12.2 Å². The first-order valence-corrected chi connectivity index (χ1v) is 6.24. The summed E-state index contributed by atoms with van der Waals surface area (Å²) < 4.78 is 0. The van der Waals surface area contributed by atoms with Gasteiger partial charge < -0.3 is 15.3 Å². The second-order valence-corrected chi connectivity index (χ2v) is 4.87. The van der Waals surface area contributed by atoms with Crippen LogP contribution in [0.3, 0.4) is 0 Å². The van der Waals surface area contributed by atoms with Crippen molar-refractivity contribution >= 4 is 12.0 Å². The summed E-state index contributed by atoms with van der Waals surface area (Å²) in [6, 6.07) is -0.484. The maximum atomic E-state index is 11.9. The van der Waals surface area contributed by atoms with Gasteiger partial charge in [-0.1, -0.05) is 13.3 Å². The molecule has 1 saturated heterocycles. The molecule has 0 aromatic rings. The quantitative estimate of drug-likeness (QED) is 0.785. The molecule has 3 unspecified atom stereocenters. The maximum absolute atomic E-state index is 11.9. The first-order chi connectivity index (χ1) is 7.95. The van der Waals surface area contributed by atoms with Crippen LogP contribution in [0.2, 0.25) is 0 Å². The Morgan fingerprint density at radius 1 is 1.47 bits per heavy atom. The predicted octanol–water partition coefficient (Wildman–Crippen LogP) is 1.54. The fraction of sp³-hybridized carbons (Fsp3) is 0.833. The molecule has 1 fully saturated rings. The molecule has 3 atom stereocenters. The Balaban J connectivity index is 2.42. The first-order valence-electron chi connectivity index (χ1n) is 6.24. The van der Waals surface area contributed by atoms with Crippen LogP contribution in [-0.2, 0) is 4.79 Å². The minimum absolute atomic E-state index is 0.137. The van der Waals surface area contributed by atoms with Crippen LogP contribution in [0.25, 0.3) is 0 Å². The Labute approximate surface area is 102 Å². The van der Waals surface area contributed by atoms with Gasteiger partial charge in [0.1, 0.15) is 0 Å². The molecule has 98 valence electrons. The Hall–Kier alpha value is -1.26. The number of urea groups is 1. The SMILES string of the molecule is CCC1CCN(C(=O)NC(C)C(C)C(=O)O)C1. The van der Waals surface area contributed by atoms with Crippen molar-refractivity contribution < 1.29 is 14.7 Å². The summed E-state index contributed by atoms with van der Waals surface area (Å²) in [4.78, 5) is 24.4. The molecule has 17 heavy (non-hydrogen) atoms. The Morgan fingerprint density at radius 3 is 2.59 bits per heavy atom. The lowest BCUT2D eigenvalue weighted by atomic mass is 10.0. The first kappa shape index (κ1) is 13.8. The molecule has 5 nitrogen and oxygen atoms in total. The highest BCUT2D eigenvalue weighted by molar-refractivity contribution is 5.76. The molecule has 0 aromatic carbocycles. The van der Waals surface area contributed by atoms with Crippen LogP contribution in [-0.4, -0.2) is 41.1 Å². The monoisotopic (exact) mass is 242 g/mol. The number of hydrogen-bond donors (Lipinski definition) is 2. The second kappa shape index (κ2) is 5.89. The number of nitrogens with zero attached hydrogens (tertiary/aromatic N) is 1. The fourth-order valence-electron chi connectivity index (χ4n) is 1.98. The number of amides is 2. The number of carboxylic acids is 1. The van der Waals surface area contributed by atoms with Crippen LogP contribution in [0.15, 0.2) is 0 Å². The number of aliphatic carboxylic acids is 1. The van der Waals surface area contributed by atoms with Gasteiger partial charge in [-0.05, 0) is 26.2 Å². The van der Waals surface area contributed by atoms with E-state index in [4.69, 9.17) is 5.11 Å². The van der Waals surface area contributed by atoms with Crippen molar-refractivity contribution in [1.82, 2.24) is 10.2 Å². The van der Waals surface area contributed by atoms with Gasteiger partial charge in [-0.25, -0.2) is 4.79 Å². The molecular formula is C12H22N2O3. The number of carbonyl (C=O) groups is 2. The van der Waals surface area contributed by atoms with Crippen molar-refractivity contribution in [1.29, 1.82) is 0 Å². The number of nitrogens with one attached hydrogen (secondary N) is 1. The van der Waals surface area contributed by atoms with Crippen LogP contribution >= 0.6 is 0 Å². The van der Waals surface area contributed by atoms with Gasteiger partial charge in [-0.2, -0.15) is 0 Å². The van der Waals surface area contributed by atoms with Crippen LogP contribution in [0.1, 0.15) is 33.6 Å². The fourth-order valence-corrected chi connectivity index (χ4v) is 1.98. The van der Waals surface area contributed by atoms with E-state index in [9.17, 15) is 9.59 Å². The van der Waals surface area contributed by atoms with Crippen molar-refractivity contribution in [3.63, 3.8) is 0 Å². The van der Waals surface area contributed by atoms with Crippen molar-refractivity contribution in [2.24, 2.45) is 11.8 Å². The van der Waals surface area contributed by atoms with Gasteiger partial charge in [0.15, 0.2) is 0 Å². The molecule has 5 heteroatoms.